The number of halogens is 2. The second-order valence-electron chi connectivity index (χ2n) is 5.22. The third-order valence-corrected chi connectivity index (χ3v) is 3.98. The third-order valence-electron chi connectivity index (χ3n) is 3.39. The van der Waals surface area contributed by atoms with Crippen molar-refractivity contribution in [3.8, 4) is 5.88 Å². The Morgan fingerprint density at radius 1 is 1.28 bits per heavy atom. The van der Waals surface area contributed by atoms with Gasteiger partial charge < -0.3 is 14.2 Å². The SMILES string of the molecule is CCOC(=O)CCc1cc(OCOC)nn1Cc1ccc(Cl)cc1Cl. The van der Waals surface area contributed by atoms with E-state index in [-0.39, 0.29) is 19.2 Å². The van der Waals surface area contributed by atoms with Gasteiger partial charge in [-0.2, -0.15) is 0 Å². The van der Waals surface area contributed by atoms with Crippen LogP contribution < -0.4 is 4.74 Å². The van der Waals surface area contributed by atoms with E-state index in [4.69, 9.17) is 37.4 Å². The molecule has 0 amide bonds. The van der Waals surface area contributed by atoms with E-state index >= 15 is 0 Å². The Morgan fingerprint density at radius 3 is 2.76 bits per heavy atom. The predicted molar refractivity (Wildman–Crippen MR) is 95.2 cm³/mol. The number of methoxy groups -OCH3 is 1. The molecule has 0 saturated carbocycles. The molecule has 0 aliphatic rings. The number of hydrogen-bond acceptors (Lipinski definition) is 5. The van der Waals surface area contributed by atoms with Crippen LogP contribution in [0.4, 0.5) is 0 Å². The fraction of sp³-hybridized carbons (Fsp3) is 0.412. The van der Waals surface area contributed by atoms with Gasteiger partial charge in [0, 0.05) is 28.9 Å². The summed E-state index contributed by atoms with van der Waals surface area (Å²) in [6, 6.07) is 7.08. The van der Waals surface area contributed by atoms with Gasteiger partial charge in [0.25, 0.3) is 0 Å². The highest BCUT2D eigenvalue weighted by Gasteiger charge is 2.13. The van der Waals surface area contributed by atoms with E-state index in [0.29, 0.717) is 35.5 Å². The Balaban J connectivity index is 2.17. The molecule has 2 rings (SSSR count). The van der Waals surface area contributed by atoms with Gasteiger partial charge in [-0.1, -0.05) is 29.3 Å². The molecule has 136 valence electrons. The number of ether oxygens (including phenoxy) is 3. The molecule has 6 nitrogen and oxygen atoms in total. The quantitative estimate of drug-likeness (QED) is 0.485. The van der Waals surface area contributed by atoms with Crippen LogP contribution in [0.3, 0.4) is 0 Å². The van der Waals surface area contributed by atoms with Crippen molar-refractivity contribution in [2.45, 2.75) is 26.3 Å². The van der Waals surface area contributed by atoms with Crippen molar-refractivity contribution in [1.82, 2.24) is 9.78 Å². The molecule has 0 bridgehead atoms. The number of nitrogens with zero attached hydrogens (tertiary/aromatic N) is 2. The second-order valence-corrected chi connectivity index (χ2v) is 6.07. The van der Waals surface area contributed by atoms with Gasteiger partial charge >= 0.3 is 5.97 Å². The van der Waals surface area contributed by atoms with E-state index in [9.17, 15) is 4.79 Å². The minimum absolute atomic E-state index is 0.0933. The molecule has 1 aromatic heterocycles. The summed E-state index contributed by atoms with van der Waals surface area (Å²) in [4.78, 5) is 11.6. The zero-order valence-corrected chi connectivity index (χ0v) is 15.6. The van der Waals surface area contributed by atoms with E-state index in [0.717, 1.165) is 11.3 Å². The van der Waals surface area contributed by atoms with Crippen LogP contribution in [0.1, 0.15) is 24.6 Å². The molecule has 0 N–H and O–H groups in total. The first-order chi connectivity index (χ1) is 12.0. The molecular formula is C17H20Cl2N2O4. The van der Waals surface area contributed by atoms with Crippen molar-refractivity contribution in [3.63, 3.8) is 0 Å². The highest BCUT2D eigenvalue weighted by molar-refractivity contribution is 6.35. The number of esters is 1. The molecule has 2 aromatic rings. The molecule has 0 radical (unpaired) electrons. The normalized spacial score (nSPS) is 10.7. The molecule has 0 unspecified atom stereocenters. The summed E-state index contributed by atoms with van der Waals surface area (Å²) in [6.45, 7) is 2.67. The molecular weight excluding hydrogens is 367 g/mol. The molecule has 0 aliphatic heterocycles. The molecule has 1 heterocycles. The Bertz CT molecular complexity index is 719. The summed E-state index contributed by atoms with van der Waals surface area (Å²) in [5.74, 6) is 0.171. The molecule has 0 saturated heterocycles. The maximum absolute atomic E-state index is 11.6. The summed E-state index contributed by atoms with van der Waals surface area (Å²) >= 11 is 12.2. The molecule has 0 fully saturated rings. The Hall–Kier alpha value is -1.76. The number of rotatable bonds is 9. The Kier molecular flexibility index (Phi) is 7.55. The topological polar surface area (TPSA) is 62.6 Å². The number of carbonyl (C=O) groups excluding carboxylic acids is 1. The number of aromatic nitrogens is 2. The van der Waals surface area contributed by atoms with Gasteiger partial charge in [-0.05, 0) is 31.0 Å². The second kappa shape index (κ2) is 9.65. The van der Waals surface area contributed by atoms with Crippen LogP contribution in [0, 0.1) is 0 Å². The number of hydrogen-bond donors (Lipinski definition) is 0. The van der Waals surface area contributed by atoms with Crippen LogP contribution in [0.15, 0.2) is 24.3 Å². The zero-order chi connectivity index (χ0) is 18.2. The van der Waals surface area contributed by atoms with Gasteiger partial charge in [-0.3, -0.25) is 9.48 Å². The zero-order valence-electron chi connectivity index (χ0n) is 14.1. The first kappa shape index (κ1) is 19.6. The van der Waals surface area contributed by atoms with Gasteiger partial charge in [-0.15, -0.1) is 5.10 Å². The van der Waals surface area contributed by atoms with Crippen molar-refractivity contribution < 1.29 is 19.0 Å². The largest absolute Gasteiger partial charge is 0.466 e. The highest BCUT2D eigenvalue weighted by atomic mass is 35.5. The van der Waals surface area contributed by atoms with Gasteiger partial charge in [0.2, 0.25) is 5.88 Å². The molecule has 8 heteroatoms. The van der Waals surface area contributed by atoms with Crippen LogP contribution in [-0.4, -0.2) is 36.3 Å². The molecule has 1 aromatic carbocycles. The maximum Gasteiger partial charge on any atom is 0.306 e. The Labute approximate surface area is 156 Å². The van der Waals surface area contributed by atoms with Crippen LogP contribution in [0.2, 0.25) is 10.0 Å². The third kappa shape index (κ3) is 5.92. The summed E-state index contributed by atoms with van der Waals surface area (Å²) in [7, 11) is 1.53. The van der Waals surface area contributed by atoms with Crippen molar-refractivity contribution in [2.24, 2.45) is 0 Å². The van der Waals surface area contributed by atoms with Crippen molar-refractivity contribution in [2.75, 3.05) is 20.5 Å². The fourth-order valence-electron chi connectivity index (χ4n) is 2.23. The molecule has 25 heavy (non-hydrogen) atoms. The number of benzene rings is 1. The lowest BCUT2D eigenvalue weighted by molar-refractivity contribution is -0.143. The van der Waals surface area contributed by atoms with E-state index in [1.807, 2.05) is 6.07 Å². The fourth-order valence-corrected chi connectivity index (χ4v) is 2.70. The van der Waals surface area contributed by atoms with Crippen molar-refractivity contribution in [3.05, 3.63) is 45.6 Å². The lowest BCUT2D eigenvalue weighted by atomic mass is 10.2. The summed E-state index contributed by atoms with van der Waals surface area (Å²) in [6.07, 6.45) is 0.741. The van der Waals surface area contributed by atoms with Gasteiger partial charge in [0.05, 0.1) is 19.6 Å². The van der Waals surface area contributed by atoms with E-state index in [2.05, 4.69) is 5.10 Å². The van der Waals surface area contributed by atoms with Gasteiger partial charge in [0.1, 0.15) is 0 Å². The molecule has 0 spiro atoms. The van der Waals surface area contributed by atoms with Gasteiger partial charge in [0.15, 0.2) is 6.79 Å². The summed E-state index contributed by atoms with van der Waals surface area (Å²) < 4.78 is 17.0. The summed E-state index contributed by atoms with van der Waals surface area (Å²) in [5, 5.41) is 5.53. The van der Waals surface area contributed by atoms with Gasteiger partial charge in [-0.25, -0.2) is 0 Å². The minimum atomic E-state index is -0.251. The van der Waals surface area contributed by atoms with Crippen LogP contribution in [-0.2, 0) is 27.2 Å². The van der Waals surface area contributed by atoms with E-state index < -0.39 is 0 Å². The monoisotopic (exact) mass is 386 g/mol. The van der Waals surface area contributed by atoms with Crippen LogP contribution in [0.5, 0.6) is 5.88 Å². The average molecular weight is 387 g/mol. The first-order valence-electron chi connectivity index (χ1n) is 7.81. The van der Waals surface area contributed by atoms with Crippen molar-refractivity contribution in [1.29, 1.82) is 0 Å². The van der Waals surface area contributed by atoms with E-state index in [1.54, 1.807) is 29.8 Å². The highest BCUT2D eigenvalue weighted by Crippen LogP contribution is 2.23. The molecule has 0 aliphatic carbocycles. The number of aryl methyl sites for hydroxylation is 1. The standard InChI is InChI=1S/C17H20Cl2N2O4/c1-3-24-17(22)7-6-14-9-16(25-11-23-2)20-21(14)10-12-4-5-13(18)8-15(12)19/h4-5,8-9H,3,6-7,10-11H2,1-2H3. The minimum Gasteiger partial charge on any atom is -0.466 e. The van der Waals surface area contributed by atoms with Crippen LogP contribution in [0.25, 0.3) is 0 Å². The lowest BCUT2D eigenvalue weighted by Gasteiger charge is -2.09. The van der Waals surface area contributed by atoms with Crippen LogP contribution >= 0.6 is 23.2 Å². The lowest BCUT2D eigenvalue weighted by Crippen LogP contribution is -2.10. The van der Waals surface area contributed by atoms with E-state index in [1.165, 1.54) is 7.11 Å². The maximum atomic E-state index is 11.6. The average Bonchev–Trinajstić information content (AvgIpc) is 2.96. The van der Waals surface area contributed by atoms with Crippen molar-refractivity contribution >= 4 is 29.2 Å². The number of carbonyl (C=O) groups is 1. The predicted octanol–water partition coefficient (Wildman–Crippen LogP) is 3.72. The molecule has 0 atom stereocenters. The smallest absolute Gasteiger partial charge is 0.306 e. The summed E-state index contributed by atoms with van der Waals surface area (Å²) in [5.41, 5.74) is 1.70. The first-order valence-corrected chi connectivity index (χ1v) is 8.57. The Morgan fingerprint density at radius 2 is 2.08 bits per heavy atom.